The van der Waals surface area contributed by atoms with Crippen LogP contribution >= 0.6 is 11.3 Å². The number of thiophene rings is 1. The van der Waals surface area contributed by atoms with Crippen LogP contribution in [-0.2, 0) is 9.47 Å². The molecule has 0 bridgehead atoms. The molecule has 0 amide bonds. The molecule has 1 aliphatic heterocycles. The zero-order valence-electron chi connectivity index (χ0n) is 14.8. The summed E-state index contributed by atoms with van der Waals surface area (Å²) in [7, 11) is 1.56. The van der Waals surface area contributed by atoms with E-state index in [0.717, 1.165) is 16.6 Å². The van der Waals surface area contributed by atoms with Gasteiger partial charge in [0.05, 0.1) is 12.0 Å². The van der Waals surface area contributed by atoms with Crippen LogP contribution < -0.4 is 14.8 Å². The number of rotatable bonds is 6. The van der Waals surface area contributed by atoms with Crippen LogP contribution in [0, 0.1) is 6.92 Å². The van der Waals surface area contributed by atoms with E-state index in [9.17, 15) is 4.79 Å². The number of anilines is 2. The number of hydrogen-bond donors (Lipinski definition) is 1. The maximum absolute atomic E-state index is 12.3. The van der Waals surface area contributed by atoms with Crippen molar-refractivity contribution in [2.24, 2.45) is 0 Å². The van der Waals surface area contributed by atoms with Crippen molar-refractivity contribution in [2.75, 3.05) is 32.4 Å². The molecule has 9 heteroatoms. The minimum atomic E-state index is -0.387. The third-order valence-corrected chi connectivity index (χ3v) is 5.25. The molecule has 2 aromatic heterocycles. The highest BCUT2D eigenvalue weighted by Gasteiger charge is 2.21. The molecule has 1 N–H and O–H groups in total. The fraction of sp³-hybridized carbons (Fsp3) is 0.278. The van der Waals surface area contributed by atoms with E-state index >= 15 is 0 Å². The van der Waals surface area contributed by atoms with Gasteiger partial charge >= 0.3 is 5.97 Å². The SMILES string of the molecule is COCCOC(=O)c1sc2ncnc(Nc3ccc4c(c3)OCO4)c2c1C. The topological polar surface area (TPSA) is 91.8 Å². The zero-order valence-corrected chi connectivity index (χ0v) is 15.6. The summed E-state index contributed by atoms with van der Waals surface area (Å²) in [6.07, 6.45) is 1.47. The molecule has 0 spiro atoms. The maximum Gasteiger partial charge on any atom is 0.348 e. The molecule has 3 heterocycles. The molecule has 0 radical (unpaired) electrons. The number of aromatic nitrogens is 2. The summed E-state index contributed by atoms with van der Waals surface area (Å²) in [5.41, 5.74) is 1.58. The van der Waals surface area contributed by atoms with Crippen molar-refractivity contribution in [1.29, 1.82) is 0 Å². The molecule has 4 rings (SSSR count). The summed E-state index contributed by atoms with van der Waals surface area (Å²) >= 11 is 1.28. The van der Waals surface area contributed by atoms with Crippen LogP contribution in [0.5, 0.6) is 11.5 Å². The lowest BCUT2D eigenvalue weighted by Gasteiger charge is -2.08. The van der Waals surface area contributed by atoms with Crippen molar-refractivity contribution in [3.05, 3.63) is 35.0 Å². The van der Waals surface area contributed by atoms with Gasteiger partial charge in [0.1, 0.15) is 28.5 Å². The molecule has 0 saturated heterocycles. The Bertz CT molecular complexity index is 1000. The average Bonchev–Trinajstić information content (AvgIpc) is 3.26. The Hall–Kier alpha value is -2.91. The summed E-state index contributed by atoms with van der Waals surface area (Å²) in [6, 6.07) is 5.56. The van der Waals surface area contributed by atoms with E-state index in [2.05, 4.69) is 15.3 Å². The normalized spacial score (nSPS) is 12.4. The molecule has 1 aromatic carbocycles. The molecule has 27 heavy (non-hydrogen) atoms. The second kappa shape index (κ2) is 7.37. The number of nitrogens with one attached hydrogen (secondary N) is 1. The zero-order chi connectivity index (χ0) is 18.8. The number of carbonyl (C=O) groups excluding carboxylic acids is 1. The van der Waals surface area contributed by atoms with Crippen LogP contribution in [0.1, 0.15) is 15.2 Å². The third-order valence-electron chi connectivity index (χ3n) is 4.07. The molecule has 0 aliphatic carbocycles. The summed E-state index contributed by atoms with van der Waals surface area (Å²) in [4.78, 5) is 22.2. The molecule has 1 aliphatic rings. The Kier molecular flexibility index (Phi) is 4.78. The van der Waals surface area contributed by atoms with E-state index in [-0.39, 0.29) is 19.4 Å². The fourth-order valence-electron chi connectivity index (χ4n) is 2.76. The number of benzene rings is 1. The number of methoxy groups -OCH3 is 1. The lowest BCUT2D eigenvalue weighted by molar-refractivity contribution is 0.0393. The van der Waals surface area contributed by atoms with Gasteiger partial charge in [-0.25, -0.2) is 14.8 Å². The third kappa shape index (κ3) is 3.38. The number of ether oxygens (including phenoxy) is 4. The first-order valence-electron chi connectivity index (χ1n) is 8.24. The second-order valence-corrected chi connectivity index (χ2v) is 6.78. The molecule has 140 valence electrons. The predicted octanol–water partition coefficient (Wildman–Crippen LogP) is 3.28. The first-order valence-corrected chi connectivity index (χ1v) is 9.06. The first kappa shape index (κ1) is 17.5. The lowest BCUT2D eigenvalue weighted by Crippen LogP contribution is -2.09. The van der Waals surface area contributed by atoms with Gasteiger partial charge in [-0.3, -0.25) is 0 Å². The lowest BCUT2D eigenvalue weighted by atomic mass is 10.2. The van der Waals surface area contributed by atoms with E-state index in [1.165, 1.54) is 17.7 Å². The van der Waals surface area contributed by atoms with Crippen molar-refractivity contribution >= 4 is 39.0 Å². The van der Waals surface area contributed by atoms with Crippen molar-refractivity contribution < 1.29 is 23.7 Å². The van der Waals surface area contributed by atoms with Gasteiger partial charge in [0.15, 0.2) is 11.5 Å². The number of nitrogens with zero attached hydrogens (tertiary/aromatic N) is 2. The summed E-state index contributed by atoms with van der Waals surface area (Å²) < 4.78 is 20.9. The average molecular weight is 387 g/mol. The van der Waals surface area contributed by atoms with Crippen LogP contribution in [0.4, 0.5) is 11.5 Å². The van der Waals surface area contributed by atoms with E-state index in [1.54, 1.807) is 7.11 Å². The van der Waals surface area contributed by atoms with Gasteiger partial charge in [-0.2, -0.15) is 0 Å². The summed E-state index contributed by atoms with van der Waals surface area (Å²) in [5.74, 6) is 1.61. The Morgan fingerprint density at radius 1 is 1.26 bits per heavy atom. The first-order chi connectivity index (χ1) is 13.2. The van der Waals surface area contributed by atoms with Crippen LogP contribution in [0.15, 0.2) is 24.5 Å². The van der Waals surface area contributed by atoms with Crippen LogP contribution in [0.2, 0.25) is 0 Å². The Labute approximate surface area is 159 Å². The maximum atomic E-state index is 12.3. The molecule has 0 atom stereocenters. The summed E-state index contributed by atoms with van der Waals surface area (Å²) in [6.45, 7) is 2.64. The number of carbonyl (C=O) groups is 1. The standard InChI is InChI=1S/C18H17N3O5S/c1-10-14-16(21-11-3-4-12-13(7-11)26-9-25-12)19-8-20-17(14)27-15(10)18(22)24-6-5-23-2/h3-4,7-8H,5-6,9H2,1-2H3,(H,19,20,21). The van der Waals surface area contributed by atoms with Gasteiger partial charge < -0.3 is 24.3 Å². The van der Waals surface area contributed by atoms with E-state index in [0.29, 0.717) is 33.6 Å². The molecular formula is C18H17N3O5S. The number of esters is 1. The predicted molar refractivity (Wildman–Crippen MR) is 100 cm³/mol. The molecule has 8 nitrogen and oxygen atoms in total. The van der Waals surface area contributed by atoms with E-state index < -0.39 is 0 Å². The number of hydrogen-bond acceptors (Lipinski definition) is 9. The Balaban J connectivity index is 1.64. The minimum Gasteiger partial charge on any atom is -0.459 e. The highest BCUT2D eigenvalue weighted by Crippen LogP contribution is 2.38. The van der Waals surface area contributed by atoms with Gasteiger partial charge in [0.2, 0.25) is 6.79 Å². The van der Waals surface area contributed by atoms with Gasteiger partial charge in [-0.05, 0) is 24.6 Å². The van der Waals surface area contributed by atoms with Crippen molar-refractivity contribution in [3.63, 3.8) is 0 Å². The van der Waals surface area contributed by atoms with Crippen molar-refractivity contribution in [2.45, 2.75) is 6.92 Å². The second-order valence-electron chi connectivity index (χ2n) is 5.78. The van der Waals surface area contributed by atoms with Gasteiger partial charge in [-0.1, -0.05) is 0 Å². The van der Waals surface area contributed by atoms with Crippen molar-refractivity contribution in [1.82, 2.24) is 9.97 Å². The smallest absolute Gasteiger partial charge is 0.348 e. The van der Waals surface area contributed by atoms with Gasteiger partial charge in [0.25, 0.3) is 0 Å². The highest BCUT2D eigenvalue weighted by atomic mass is 32.1. The number of aryl methyl sites for hydroxylation is 1. The number of fused-ring (bicyclic) bond motifs is 2. The largest absolute Gasteiger partial charge is 0.459 e. The van der Waals surface area contributed by atoms with Crippen LogP contribution in [0.3, 0.4) is 0 Å². The van der Waals surface area contributed by atoms with Gasteiger partial charge in [0, 0.05) is 18.9 Å². The van der Waals surface area contributed by atoms with E-state index in [1.807, 2.05) is 25.1 Å². The monoisotopic (exact) mass is 387 g/mol. The van der Waals surface area contributed by atoms with Crippen molar-refractivity contribution in [3.8, 4) is 11.5 Å². The van der Waals surface area contributed by atoms with Crippen LogP contribution in [0.25, 0.3) is 10.2 Å². The van der Waals surface area contributed by atoms with Gasteiger partial charge in [-0.15, -0.1) is 11.3 Å². The molecule has 3 aromatic rings. The molecule has 0 fully saturated rings. The molecular weight excluding hydrogens is 370 g/mol. The quantitative estimate of drug-likeness (QED) is 0.509. The fourth-order valence-corrected chi connectivity index (χ4v) is 3.80. The summed E-state index contributed by atoms with van der Waals surface area (Å²) in [5, 5.41) is 4.06. The Morgan fingerprint density at radius 3 is 2.96 bits per heavy atom. The minimum absolute atomic E-state index is 0.205. The Morgan fingerprint density at radius 2 is 2.11 bits per heavy atom. The highest BCUT2D eigenvalue weighted by molar-refractivity contribution is 7.20. The molecule has 0 saturated carbocycles. The molecule has 0 unspecified atom stereocenters. The van der Waals surface area contributed by atoms with Crippen LogP contribution in [-0.4, -0.2) is 43.1 Å². The van der Waals surface area contributed by atoms with E-state index in [4.69, 9.17) is 18.9 Å².